The van der Waals surface area contributed by atoms with E-state index in [0.717, 1.165) is 49.6 Å². The summed E-state index contributed by atoms with van der Waals surface area (Å²) in [6, 6.07) is 49.5. The summed E-state index contributed by atoms with van der Waals surface area (Å²) in [6.07, 6.45) is 0. The summed E-state index contributed by atoms with van der Waals surface area (Å²) in [5.74, 6) is 0.629. The Balaban J connectivity index is 1.10. The molecule has 1 aliphatic rings. The summed E-state index contributed by atoms with van der Waals surface area (Å²) >= 11 is 0. The Morgan fingerprint density at radius 1 is 0.413 bits per heavy atom. The quantitative estimate of drug-likeness (QED) is 0.189. The van der Waals surface area contributed by atoms with Crippen molar-refractivity contribution in [1.29, 1.82) is 0 Å². The monoisotopic (exact) mass is 585 g/mol. The Kier molecular flexibility index (Phi) is 4.58. The molecule has 1 aliphatic carbocycles. The molecular weight excluding hydrogens is 562 g/mol. The number of hydrogen-bond acceptors (Lipinski definition) is 3. The van der Waals surface area contributed by atoms with E-state index in [-0.39, 0.29) is 0 Å². The maximum absolute atomic E-state index is 6.59. The molecule has 0 radical (unpaired) electrons. The molecule has 0 unspecified atom stereocenters. The topological polar surface area (TPSA) is 39.2 Å². The smallest absolute Gasteiger partial charge is 0.227 e. The Labute approximate surface area is 262 Å². The highest BCUT2D eigenvalue weighted by molar-refractivity contribution is 6.27. The molecular formula is C43H23NO2. The summed E-state index contributed by atoms with van der Waals surface area (Å²) < 4.78 is 12.9. The van der Waals surface area contributed by atoms with Crippen LogP contribution in [0.4, 0.5) is 0 Å². The molecule has 0 N–H and O–H groups in total. The maximum Gasteiger partial charge on any atom is 0.227 e. The molecule has 0 aliphatic heterocycles. The van der Waals surface area contributed by atoms with E-state index in [9.17, 15) is 0 Å². The van der Waals surface area contributed by atoms with Gasteiger partial charge in [0.1, 0.15) is 16.7 Å². The van der Waals surface area contributed by atoms with Gasteiger partial charge in [-0.05, 0) is 91.1 Å². The highest BCUT2D eigenvalue weighted by Gasteiger charge is 2.27. The number of aromatic nitrogens is 1. The molecule has 2 aromatic heterocycles. The fourth-order valence-electron chi connectivity index (χ4n) is 7.83. The van der Waals surface area contributed by atoms with Gasteiger partial charge in [0.2, 0.25) is 5.89 Å². The normalized spacial score (nSPS) is 12.3. The number of rotatable bonds is 2. The van der Waals surface area contributed by atoms with E-state index in [1.54, 1.807) is 0 Å². The third-order valence-electron chi connectivity index (χ3n) is 9.83. The van der Waals surface area contributed by atoms with E-state index >= 15 is 0 Å². The molecule has 0 saturated carbocycles. The first-order valence-corrected chi connectivity index (χ1v) is 15.6. The molecule has 0 bridgehead atoms. The molecule has 212 valence electrons. The van der Waals surface area contributed by atoms with Crippen molar-refractivity contribution in [1.82, 2.24) is 4.98 Å². The van der Waals surface area contributed by atoms with E-state index in [0.29, 0.717) is 5.89 Å². The SMILES string of the molecule is c1cc(-c2nc3ccc4ccc5ccccc5c4c3o2)cc(-c2ccc3c4c(cccc24)-c2c-3ccc3oc4ccccc4c23)c1. The van der Waals surface area contributed by atoms with Crippen molar-refractivity contribution < 1.29 is 8.83 Å². The lowest BCUT2D eigenvalue weighted by Gasteiger charge is -2.10. The van der Waals surface area contributed by atoms with E-state index in [4.69, 9.17) is 13.8 Å². The van der Waals surface area contributed by atoms with Crippen LogP contribution < -0.4 is 0 Å². The molecule has 0 fully saturated rings. The van der Waals surface area contributed by atoms with Crippen LogP contribution in [0, 0.1) is 0 Å². The van der Waals surface area contributed by atoms with Gasteiger partial charge in [0, 0.05) is 27.3 Å². The third-order valence-corrected chi connectivity index (χ3v) is 9.83. The van der Waals surface area contributed by atoms with Gasteiger partial charge in [-0.2, -0.15) is 0 Å². The summed E-state index contributed by atoms with van der Waals surface area (Å²) in [5, 5.41) is 9.50. The van der Waals surface area contributed by atoms with Gasteiger partial charge in [0.05, 0.1) is 0 Å². The van der Waals surface area contributed by atoms with Crippen molar-refractivity contribution in [2.24, 2.45) is 0 Å². The van der Waals surface area contributed by atoms with Crippen LogP contribution in [0.1, 0.15) is 0 Å². The first-order chi connectivity index (χ1) is 22.8. The Hall–Kier alpha value is -6.19. The first kappa shape index (κ1) is 24.2. The molecule has 46 heavy (non-hydrogen) atoms. The lowest BCUT2D eigenvalue weighted by atomic mass is 9.93. The van der Waals surface area contributed by atoms with Crippen molar-refractivity contribution in [2.75, 3.05) is 0 Å². The van der Waals surface area contributed by atoms with Crippen molar-refractivity contribution in [3.8, 4) is 44.8 Å². The second-order valence-electron chi connectivity index (χ2n) is 12.2. The Morgan fingerprint density at radius 2 is 1.17 bits per heavy atom. The molecule has 0 saturated heterocycles. The van der Waals surface area contributed by atoms with Gasteiger partial charge in [-0.25, -0.2) is 4.98 Å². The molecule has 0 spiro atoms. The molecule has 0 amide bonds. The minimum Gasteiger partial charge on any atom is -0.456 e. The van der Waals surface area contributed by atoms with Gasteiger partial charge in [-0.1, -0.05) is 103 Å². The number of benzene rings is 8. The molecule has 3 nitrogen and oxygen atoms in total. The fraction of sp³-hybridized carbons (Fsp3) is 0. The Bertz CT molecular complexity index is 2920. The highest BCUT2D eigenvalue weighted by atomic mass is 16.3. The zero-order valence-electron chi connectivity index (χ0n) is 24.5. The van der Waals surface area contributed by atoms with Crippen LogP contribution in [-0.4, -0.2) is 4.98 Å². The predicted octanol–water partition coefficient (Wildman–Crippen LogP) is 12.2. The lowest BCUT2D eigenvalue weighted by Crippen LogP contribution is -1.85. The largest absolute Gasteiger partial charge is 0.456 e. The summed E-state index contributed by atoms with van der Waals surface area (Å²) in [4.78, 5) is 4.98. The second-order valence-corrected chi connectivity index (χ2v) is 12.2. The number of furan rings is 1. The summed E-state index contributed by atoms with van der Waals surface area (Å²) in [6.45, 7) is 0. The van der Waals surface area contributed by atoms with Gasteiger partial charge in [-0.15, -0.1) is 0 Å². The molecule has 2 heterocycles. The predicted molar refractivity (Wildman–Crippen MR) is 189 cm³/mol. The number of oxazole rings is 1. The summed E-state index contributed by atoms with van der Waals surface area (Å²) in [5.41, 5.74) is 11.9. The summed E-state index contributed by atoms with van der Waals surface area (Å²) in [7, 11) is 0. The van der Waals surface area contributed by atoms with E-state index in [1.165, 1.54) is 54.7 Å². The van der Waals surface area contributed by atoms with Gasteiger partial charge >= 0.3 is 0 Å². The fourth-order valence-corrected chi connectivity index (χ4v) is 7.83. The highest BCUT2D eigenvalue weighted by Crippen LogP contribution is 2.53. The van der Waals surface area contributed by atoms with Crippen LogP contribution in [0.25, 0.3) is 110 Å². The van der Waals surface area contributed by atoms with Crippen LogP contribution in [0.3, 0.4) is 0 Å². The average molecular weight is 586 g/mol. The molecule has 0 atom stereocenters. The Morgan fingerprint density at radius 3 is 2.15 bits per heavy atom. The minimum atomic E-state index is 0.629. The van der Waals surface area contributed by atoms with Gasteiger partial charge in [0.25, 0.3) is 0 Å². The first-order valence-electron chi connectivity index (χ1n) is 15.6. The number of fused-ring (bicyclic) bond motifs is 12. The average Bonchev–Trinajstić information content (AvgIpc) is 3.81. The number of para-hydroxylation sites is 1. The van der Waals surface area contributed by atoms with Crippen LogP contribution in [0.2, 0.25) is 0 Å². The van der Waals surface area contributed by atoms with E-state index in [1.807, 2.05) is 6.07 Å². The number of nitrogens with zero attached hydrogens (tertiary/aromatic N) is 1. The number of hydrogen-bond donors (Lipinski definition) is 0. The second kappa shape index (κ2) is 8.71. The lowest BCUT2D eigenvalue weighted by molar-refractivity contribution is 0.623. The van der Waals surface area contributed by atoms with Crippen LogP contribution >= 0.6 is 0 Å². The van der Waals surface area contributed by atoms with Crippen molar-refractivity contribution in [3.05, 3.63) is 140 Å². The van der Waals surface area contributed by atoms with E-state index < -0.39 is 0 Å². The van der Waals surface area contributed by atoms with Crippen molar-refractivity contribution >= 4 is 65.4 Å². The maximum atomic E-state index is 6.59. The molecule has 3 heteroatoms. The van der Waals surface area contributed by atoms with Crippen LogP contribution in [0.5, 0.6) is 0 Å². The van der Waals surface area contributed by atoms with Crippen molar-refractivity contribution in [2.45, 2.75) is 0 Å². The van der Waals surface area contributed by atoms with Crippen LogP contribution in [0.15, 0.2) is 148 Å². The van der Waals surface area contributed by atoms with Gasteiger partial charge in [0.15, 0.2) is 5.58 Å². The van der Waals surface area contributed by atoms with Gasteiger partial charge < -0.3 is 8.83 Å². The van der Waals surface area contributed by atoms with Gasteiger partial charge in [-0.3, -0.25) is 0 Å². The molecule has 8 aromatic carbocycles. The minimum absolute atomic E-state index is 0.629. The molecule has 11 rings (SSSR count). The zero-order valence-corrected chi connectivity index (χ0v) is 24.5. The molecule has 10 aromatic rings. The zero-order chi connectivity index (χ0) is 29.9. The van der Waals surface area contributed by atoms with Crippen molar-refractivity contribution in [3.63, 3.8) is 0 Å². The van der Waals surface area contributed by atoms with Crippen LogP contribution in [-0.2, 0) is 0 Å². The third kappa shape index (κ3) is 3.14. The van der Waals surface area contributed by atoms with E-state index in [2.05, 4.69) is 133 Å². The standard InChI is InChI=1S/C43H23NO2/c1-2-10-29-24(7-1)15-16-25-17-21-35-42(38(25)29)46-43(44-35)27-9-5-8-26(23-27)28-18-19-31-32-20-22-37-41(33-11-3-4-14-36(33)45-37)40(32)34-13-6-12-30(28)39(31)34/h1-23H.